The van der Waals surface area contributed by atoms with Crippen molar-refractivity contribution in [3.8, 4) is 5.75 Å². The van der Waals surface area contributed by atoms with E-state index in [0.29, 0.717) is 13.2 Å². The van der Waals surface area contributed by atoms with E-state index in [0.717, 1.165) is 12.5 Å². The van der Waals surface area contributed by atoms with Crippen molar-refractivity contribution in [3.63, 3.8) is 0 Å². The quantitative estimate of drug-likeness (QED) is 0.726. The van der Waals surface area contributed by atoms with Crippen LogP contribution in [0.1, 0.15) is 16.8 Å². The molecular weight excluding hydrogens is 350 g/mol. The Morgan fingerprint density at radius 3 is 2.80 bits per heavy atom. The lowest BCUT2D eigenvalue weighted by molar-refractivity contribution is -0.0775. The van der Waals surface area contributed by atoms with Crippen molar-refractivity contribution in [2.24, 2.45) is 11.8 Å². The van der Waals surface area contributed by atoms with Crippen LogP contribution >= 0.6 is 0 Å². The molecule has 1 aliphatic carbocycles. The third-order valence-electron chi connectivity index (χ3n) is 4.88. The van der Waals surface area contributed by atoms with Crippen LogP contribution in [-0.2, 0) is 19.5 Å². The fraction of sp³-hybridized carbons (Fsp3) is 0.562. The van der Waals surface area contributed by atoms with Crippen molar-refractivity contribution in [3.05, 3.63) is 23.8 Å². The number of aromatic carboxylic acids is 1. The summed E-state index contributed by atoms with van der Waals surface area (Å²) < 4.78 is 44.3. The van der Waals surface area contributed by atoms with Crippen molar-refractivity contribution in [1.82, 2.24) is 4.72 Å². The standard InChI is InChI=1S/C16H21NO7S/c1-22-8-11-14(10-5-6-24-15(10)11)17-25(20,21)13-7-9(16(18)19)3-4-12(13)23-2/h3-4,7,10-11,14-15,17H,5-6,8H2,1-2H3,(H,18,19)/t10-,11+,14-,15-/m0/s1. The molecule has 0 bridgehead atoms. The van der Waals surface area contributed by atoms with Crippen LogP contribution in [0, 0.1) is 11.8 Å². The Morgan fingerprint density at radius 2 is 2.16 bits per heavy atom. The Morgan fingerprint density at radius 1 is 1.40 bits per heavy atom. The van der Waals surface area contributed by atoms with Gasteiger partial charge < -0.3 is 19.3 Å². The van der Waals surface area contributed by atoms with Gasteiger partial charge in [0.2, 0.25) is 10.0 Å². The zero-order chi connectivity index (χ0) is 18.2. The number of carbonyl (C=O) groups is 1. The van der Waals surface area contributed by atoms with Gasteiger partial charge in [-0.15, -0.1) is 0 Å². The number of sulfonamides is 1. The molecule has 0 spiro atoms. The van der Waals surface area contributed by atoms with Gasteiger partial charge >= 0.3 is 5.97 Å². The van der Waals surface area contributed by atoms with E-state index in [-0.39, 0.29) is 40.2 Å². The monoisotopic (exact) mass is 371 g/mol. The predicted molar refractivity (Wildman–Crippen MR) is 87.3 cm³/mol. The molecule has 138 valence electrons. The second kappa shape index (κ2) is 6.91. The van der Waals surface area contributed by atoms with Crippen LogP contribution in [0.2, 0.25) is 0 Å². The van der Waals surface area contributed by atoms with Crippen molar-refractivity contribution in [2.45, 2.75) is 23.5 Å². The first-order chi connectivity index (χ1) is 11.9. The molecule has 1 aliphatic heterocycles. The van der Waals surface area contributed by atoms with Gasteiger partial charge in [0.05, 0.1) is 25.4 Å². The summed E-state index contributed by atoms with van der Waals surface area (Å²) in [4.78, 5) is 11.0. The molecule has 1 saturated heterocycles. The fourth-order valence-corrected chi connectivity index (χ4v) is 5.19. The highest BCUT2D eigenvalue weighted by molar-refractivity contribution is 7.89. The minimum atomic E-state index is -3.96. The molecule has 1 aromatic rings. The van der Waals surface area contributed by atoms with E-state index >= 15 is 0 Å². The molecular formula is C16H21NO7S. The van der Waals surface area contributed by atoms with Gasteiger partial charge in [-0.2, -0.15) is 0 Å². The van der Waals surface area contributed by atoms with Gasteiger partial charge in [-0.05, 0) is 24.6 Å². The number of hydrogen-bond donors (Lipinski definition) is 2. The third kappa shape index (κ3) is 3.24. The molecule has 25 heavy (non-hydrogen) atoms. The molecule has 1 saturated carbocycles. The summed E-state index contributed by atoms with van der Waals surface area (Å²) >= 11 is 0. The summed E-state index contributed by atoms with van der Waals surface area (Å²) in [5.41, 5.74) is -0.120. The van der Waals surface area contributed by atoms with Crippen LogP contribution < -0.4 is 9.46 Å². The minimum absolute atomic E-state index is 0.0000931. The topological polar surface area (TPSA) is 111 Å². The zero-order valence-electron chi connectivity index (χ0n) is 14.0. The Hall–Kier alpha value is -1.68. The average molecular weight is 371 g/mol. The first kappa shape index (κ1) is 18.1. The second-order valence-corrected chi connectivity index (χ2v) is 7.91. The SMILES string of the molecule is COC[C@@H]1[C@@H](NS(=O)(=O)c2cc(C(=O)O)ccc2OC)[C@@H]2CCO[C@H]12. The maximum atomic E-state index is 12.9. The Kier molecular flexibility index (Phi) is 5.01. The number of methoxy groups -OCH3 is 2. The Labute approximate surface area is 146 Å². The van der Waals surface area contributed by atoms with Crippen LogP contribution in [-0.4, -0.2) is 59.1 Å². The van der Waals surface area contributed by atoms with Gasteiger partial charge in [0.15, 0.2) is 0 Å². The number of ether oxygens (including phenoxy) is 3. The van der Waals surface area contributed by atoms with Gasteiger partial charge in [-0.1, -0.05) is 0 Å². The molecule has 0 aromatic heterocycles. The van der Waals surface area contributed by atoms with Crippen molar-refractivity contribution in [2.75, 3.05) is 27.4 Å². The predicted octanol–water partition coefficient (Wildman–Crippen LogP) is 0.722. The summed E-state index contributed by atoms with van der Waals surface area (Å²) in [5, 5.41) is 9.12. The van der Waals surface area contributed by atoms with Crippen molar-refractivity contribution < 1.29 is 32.5 Å². The van der Waals surface area contributed by atoms with E-state index < -0.39 is 16.0 Å². The largest absolute Gasteiger partial charge is 0.495 e. The first-order valence-electron chi connectivity index (χ1n) is 7.93. The molecule has 3 rings (SSSR count). The van der Waals surface area contributed by atoms with Crippen LogP contribution in [0.3, 0.4) is 0 Å². The highest BCUT2D eigenvalue weighted by Crippen LogP contribution is 2.44. The van der Waals surface area contributed by atoms with Gasteiger partial charge in [0.25, 0.3) is 0 Å². The summed E-state index contributed by atoms with van der Waals surface area (Å²) in [5.74, 6) is -1.08. The molecule has 8 nitrogen and oxygen atoms in total. The molecule has 1 aromatic carbocycles. The summed E-state index contributed by atoms with van der Waals surface area (Å²) in [7, 11) is -1.06. The smallest absolute Gasteiger partial charge is 0.335 e. The first-order valence-corrected chi connectivity index (χ1v) is 9.41. The second-order valence-electron chi connectivity index (χ2n) is 6.22. The van der Waals surface area contributed by atoms with E-state index in [2.05, 4.69) is 4.72 Å². The van der Waals surface area contributed by atoms with Crippen LogP contribution in [0.25, 0.3) is 0 Å². The lowest BCUT2D eigenvalue weighted by Crippen LogP contribution is -2.62. The molecule has 2 fully saturated rings. The number of nitrogens with one attached hydrogen (secondary N) is 1. The molecule has 0 unspecified atom stereocenters. The summed E-state index contributed by atoms with van der Waals surface area (Å²) in [6, 6.07) is 3.44. The maximum absolute atomic E-state index is 12.9. The Bertz CT molecular complexity index is 764. The van der Waals surface area contributed by atoms with Gasteiger partial charge in [-0.3, -0.25) is 0 Å². The highest BCUT2D eigenvalue weighted by atomic mass is 32.2. The third-order valence-corrected chi connectivity index (χ3v) is 6.36. The van der Waals surface area contributed by atoms with Crippen LogP contribution in [0.4, 0.5) is 0 Å². The lowest BCUT2D eigenvalue weighted by atomic mass is 9.68. The molecule has 2 aliphatic rings. The number of carboxylic acid groups (broad SMARTS) is 1. The summed E-state index contributed by atoms with van der Waals surface area (Å²) in [6.07, 6.45) is 0.782. The normalized spacial score (nSPS) is 28.2. The minimum Gasteiger partial charge on any atom is -0.495 e. The van der Waals surface area contributed by atoms with Gasteiger partial charge in [-0.25, -0.2) is 17.9 Å². The van der Waals surface area contributed by atoms with Crippen LogP contribution in [0.15, 0.2) is 23.1 Å². The number of rotatable bonds is 7. The number of hydrogen-bond acceptors (Lipinski definition) is 6. The number of benzene rings is 1. The summed E-state index contributed by atoms with van der Waals surface area (Å²) in [6.45, 7) is 0.992. The number of fused-ring (bicyclic) bond motifs is 1. The van der Waals surface area contributed by atoms with Crippen molar-refractivity contribution in [1.29, 1.82) is 0 Å². The van der Waals surface area contributed by atoms with Crippen molar-refractivity contribution >= 4 is 16.0 Å². The molecule has 0 amide bonds. The zero-order valence-corrected chi connectivity index (χ0v) is 14.8. The van der Waals surface area contributed by atoms with E-state index in [1.807, 2.05) is 0 Å². The molecule has 0 radical (unpaired) electrons. The van der Waals surface area contributed by atoms with Crippen LogP contribution in [0.5, 0.6) is 5.75 Å². The van der Waals surface area contributed by atoms with Gasteiger partial charge in [0, 0.05) is 31.6 Å². The average Bonchev–Trinajstić information content (AvgIpc) is 3.01. The molecule has 9 heteroatoms. The van der Waals surface area contributed by atoms with E-state index in [1.54, 1.807) is 7.11 Å². The lowest BCUT2D eigenvalue weighted by Gasteiger charge is -2.47. The van der Waals surface area contributed by atoms with E-state index in [9.17, 15) is 13.2 Å². The molecule has 4 atom stereocenters. The molecule has 1 heterocycles. The molecule has 2 N–H and O–H groups in total. The van der Waals surface area contributed by atoms with E-state index in [1.165, 1.54) is 19.2 Å². The van der Waals surface area contributed by atoms with E-state index in [4.69, 9.17) is 19.3 Å². The maximum Gasteiger partial charge on any atom is 0.335 e. The fourth-order valence-electron chi connectivity index (χ4n) is 3.66. The number of carboxylic acids is 1. The van der Waals surface area contributed by atoms with Gasteiger partial charge in [0.1, 0.15) is 10.6 Å². The highest BCUT2D eigenvalue weighted by Gasteiger charge is 2.55. The Balaban J connectivity index is 1.89.